The highest BCUT2D eigenvalue weighted by atomic mass is 19.1. The van der Waals surface area contributed by atoms with E-state index >= 15 is 0 Å². The van der Waals surface area contributed by atoms with Crippen LogP contribution in [0.25, 0.3) is 0 Å². The lowest BCUT2D eigenvalue weighted by Gasteiger charge is -2.07. The zero-order chi connectivity index (χ0) is 20.4. The molecule has 1 fully saturated rings. The van der Waals surface area contributed by atoms with Gasteiger partial charge in [-0.15, -0.1) is 0 Å². The molecule has 3 aromatic carbocycles. The number of hydrogen-bond donors (Lipinski definition) is 0. The van der Waals surface area contributed by atoms with Gasteiger partial charge >= 0.3 is 5.97 Å². The Labute approximate surface area is 167 Å². The van der Waals surface area contributed by atoms with E-state index in [2.05, 4.69) is 29.4 Å². The Balaban J connectivity index is 1.58. The van der Waals surface area contributed by atoms with Gasteiger partial charge < -0.3 is 4.84 Å². The number of rotatable bonds is 5. The van der Waals surface area contributed by atoms with E-state index in [1.165, 1.54) is 47.5 Å². The van der Waals surface area contributed by atoms with Gasteiger partial charge in [0.05, 0.1) is 11.3 Å². The van der Waals surface area contributed by atoms with Gasteiger partial charge in [-0.05, 0) is 66.8 Å². The summed E-state index contributed by atoms with van der Waals surface area (Å²) in [4.78, 5) is 17.4. The average molecular weight is 391 g/mol. The topological polar surface area (TPSA) is 38.7 Å². The molecule has 1 saturated carbocycles. The molecule has 0 bridgehead atoms. The fraction of sp³-hybridized carbons (Fsp3) is 0.167. The van der Waals surface area contributed by atoms with E-state index in [1.54, 1.807) is 12.1 Å². The summed E-state index contributed by atoms with van der Waals surface area (Å²) in [6.07, 6.45) is 0.868. The fourth-order valence-electron chi connectivity index (χ4n) is 3.36. The van der Waals surface area contributed by atoms with Crippen molar-refractivity contribution in [2.24, 2.45) is 11.1 Å². The Morgan fingerprint density at radius 2 is 1.41 bits per heavy atom. The first-order valence-corrected chi connectivity index (χ1v) is 9.38. The summed E-state index contributed by atoms with van der Waals surface area (Å²) in [5.41, 5.74) is 3.90. The van der Waals surface area contributed by atoms with E-state index in [-0.39, 0.29) is 23.2 Å². The van der Waals surface area contributed by atoms with Crippen molar-refractivity contribution >= 4 is 11.7 Å². The molecule has 1 aliphatic rings. The van der Waals surface area contributed by atoms with Crippen molar-refractivity contribution in [1.29, 1.82) is 0 Å². The molecule has 0 spiro atoms. The standard InChI is InChI=1S/C24H19F2NO2/c1-15-2-4-16(5-3-15)21-14-22(21)23(17-6-10-19(25)11-7-17)27-29-24(28)18-8-12-20(26)13-9-18/h2-13,21-22H,14H2,1H3/b27-23-/t21-,22-/m1/s1. The highest BCUT2D eigenvalue weighted by Crippen LogP contribution is 2.49. The molecule has 2 atom stereocenters. The molecular formula is C24H19F2NO2. The van der Waals surface area contributed by atoms with Crippen LogP contribution in [0.3, 0.4) is 0 Å². The molecule has 3 nitrogen and oxygen atoms in total. The smallest absolute Gasteiger partial charge is 0.313 e. The number of oxime groups is 1. The van der Waals surface area contributed by atoms with Crippen molar-refractivity contribution in [2.75, 3.05) is 0 Å². The Hall–Kier alpha value is -3.34. The van der Waals surface area contributed by atoms with Crippen molar-refractivity contribution < 1.29 is 18.4 Å². The highest BCUT2D eigenvalue weighted by Gasteiger charge is 2.43. The molecule has 0 aliphatic heterocycles. The highest BCUT2D eigenvalue weighted by molar-refractivity contribution is 6.04. The molecule has 0 radical (unpaired) electrons. The number of carbonyl (C=O) groups excluding carboxylic acids is 1. The number of halogens is 2. The van der Waals surface area contributed by atoms with Crippen LogP contribution in [0.2, 0.25) is 0 Å². The van der Waals surface area contributed by atoms with Gasteiger partial charge in [0, 0.05) is 5.92 Å². The van der Waals surface area contributed by atoms with E-state index in [0.29, 0.717) is 11.3 Å². The molecule has 5 heteroatoms. The summed E-state index contributed by atoms with van der Waals surface area (Å²) in [5, 5.41) is 4.13. The predicted octanol–water partition coefficient (Wildman–Crippen LogP) is 5.64. The molecule has 4 rings (SSSR count). The number of benzene rings is 3. The number of aryl methyl sites for hydroxylation is 1. The van der Waals surface area contributed by atoms with Crippen LogP contribution in [0.15, 0.2) is 78.0 Å². The van der Waals surface area contributed by atoms with Crippen LogP contribution in [0.1, 0.15) is 39.4 Å². The van der Waals surface area contributed by atoms with Crippen molar-refractivity contribution in [3.8, 4) is 0 Å². The van der Waals surface area contributed by atoms with Crippen LogP contribution in [0.5, 0.6) is 0 Å². The normalized spacial score (nSPS) is 18.4. The maximum atomic E-state index is 13.4. The molecule has 0 aromatic heterocycles. The van der Waals surface area contributed by atoms with Crippen LogP contribution >= 0.6 is 0 Å². The SMILES string of the molecule is Cc1ccc([C@H]2C[C@H]2/C(=N\OC(=O)c2ccc(F)cc2)c2ccc(F)cc2)cc1. The van der Waals surface area contributed by atoms with Gasteiger partial charge in [0.2, 0.25) is 0 Å². The summed E-state index contributed by atoms with van der Waals surface area (Å²) < 4.78 is 26.4. The third-order valence-corrected chi connectivity index (χ3v) is 5.09. The van der Waals surface area contributed by atoms with Crippen molar-refractivity contribution in [3.05, 3.63) is 107 Å². The van der Waals surface area contributed by atoms with E-state index in [4.69, 9.17) is 4.84 Å². The molecule has 1 aliphatic carbocycles. The van der Waals surface area contributed by atoms with Gasteiger partial charge in [0.25, 0.3) is 0 Å². The second-order valence-electron chi connectivity index (χ2n) is 7.23. The van der Waals surface area contributed by atoms with Gasteiger partial charge in [-0.3, -0.25) is 0 Å². The van der Waals surface area contributed by atoms with Gasteiger partial charge in [-0.25, -0.2) is 13.6 Å². The van der Waals surface area contributed by atoms with Gasteiger partial charge in [-0.1, -0.05) is 47.1 Å². The maximum Gasteiger partial charge on any atom is 0.365 e. The summed E-state index contributed by atoms with van der Waals surface area (Å²) in [6, 6.07) is 19.3. The van der Waals surface area contributed by atoms with Gasteiger partial charge in [0.1, 0.15) is 11.6 Å². The molecule has 0 unspecified atom stereocenters. The maximum absolute atomic E-state index is 13.4. The molecule has 0 amide bonds. The summed E-state index contributed by atoms with van der Waals surface area (Å²) >= 11 is 0. The van der Waals surface area contributed by atoms with Gasteiger partial charge in [0.15, 0.2) is 0 Å². The van der Waals surface area contributed by atoms with Crippen LogP contribution in [-0.2, 0) is 4.84 Å². The Morgan fingerprint density at radius 3 is 2.00 bits per heavy atom. The summed E-state index contributed by atoms with van der Waals surface area (Å²) in [5.74, 6) is -1.11. The minimum atomic E-state index is -0.669. The Morgan fingerprint density at radius 1 is 0.862 bits per heavy atom. The Kier molecular flexibility index (Phi) is 5.21. The molecule has 3 aromatic rings. The molecule has 0 heterocycles. The van der Waals surface area contributed by atoms with Crippen LogP contribution < -0.4 is 0 Å². The minimum absolute atomic E-state index is 0.0733. The molecular weight excluding hydrogens is 372 g/mol. The van der Waals surface area contributed by atoms with Gasteiger partial charge in [-0.2, -0.15) is 0 Å². The largest absolute Gasteiger partial charge is 0.365 e. The number of nitrogens with zero attached hydrogens (tertiary/aromatic N) is 1. The summed E-state index contributed by atoms with van der Waals surface area (Å²) in [6.45, 7) is 2.04. The third-order valence-electron chi connectivity index (χ3n) is 5.09. The first kappa shape index (κ1) is 19.0. The zero-order valence-electron chi connectivity index (χ0n) is 15.8. The summed E-state index contributed by atoms with van der Waals surface area (Å²) in [7, 11) is 0. The average Bonchev–Trinajstić information content (AvgIpc) is 3.51. The first-order valence-electron chi connectivity index (χ1n) is 9.38. The predicted molar refractivity (Wildman–Crippen MR) is 107 cm³/mol. The molecule has 29 heavy (non-hydrogen) atoms. The lowest BCUT2D eigenvalue weighted by atomic mass is 10.0. The fourth-order valence-corrected chi connectivity index (χ4v) is 3.36. The van der Waals surface area contributed by atoms with E-state index in [0.717, 1.165) is 6.42 Å². The van der Waals surface area contributed by atoms with Crippen molar-refractivity contribution in [1.82, 2.24) is 0 Å². The third kappa shape index (κ3) is 4.40. The number of carbonyl (C=O) groups is 1. The van der Waals surface area contributed by atoms with Crippen LogP contribution in [0, 0.1) is 24.5 Å². The van der Waals surface area contributed by atoms with Crippen molar-refractivity contribution in [2.45, 2.75) is 19.3 Å². The van der Waals surface area contributed by atoms with E-state index in [1.807, 2.05) is 6.92 Å². The van der Waals surface area contributed by atoms with E-state index < -0.39 is 11.8 Å². The lowest BCUT2D eigenvalue weighted by molar-refractivity contribution is 0.0515. The molecule has 0 saturated heterocycles. The first-order chi connectivity index (χ1) is 14.0. The monoisotopic (exact) mass is 391 g/mol. The van der Waals surface area contributed by atoms with Crippen LogP contribution in [-0.4, -0.2) is 11.7 Å². The second-order valence-corrected chi connectivity index (χ2v) is 7.23. The molecule has 146 valence electrons. The van der Waals surface area contributed by atoms with Crippen molar-refractivity contribution in [3.63, 3.8) is 0 Å². The number of hydrogen-bond acceptors (Lipinski definition) is 3. The second kappa shape index (κ2) is 7.95. The zero-order valence-corrected chi connectivity index (χ0v) is 15.8. The lowest BCUT2D eigenvalue weighted by Crippen LogP contribution is -2.09. The minimum Gasteiger partial charge on any atom is -0.313 e. The quantitative estimate of drug-likeness (QED) is 0.321. The Bertz CT molecular complexity index is 1040. The van der Waals surface area contributed by atoms with Crippen LogP contribution in [0.4, 0.5) is 8.78 Å². The van der Waals surface area contributed by atoms with E-state index in [9.17, 15) is 13.6 Å². The molecule has 0 N–H and O–H groups in total.